The van der Waals surface area contributed by atoms with Crippen molar-refractivity contribution in [3.63, 3.8) is 0 Å². The molecular formula is C12H18N4O6. The van der Waals surface area contributed by atoms with Crippen LogP contribution in [-0.2, 0) is 28.8 Å². The average Bonchev–Trinajstić information content (AvgIpc) is 2.48. The predicted octanol–water partition coefficient (Wildman–Crippen LogP) is -3.77. The molecule has 0 aromatic heterocycles. The van der Waals surface area contributed by atoms with Crippen LogP contribution in [0.1, 0.15) is 0 Å². The van der Waals surface area contributed by atoms with Crippen LogP contribution in [0, 0.1) is 0 Å². The highest BCUT2D eigenvalue weighted by atomic mass is 16.2. The molecule has 0 radical (unpaired) electrons. The van der Waals surface area contributed by atoms with Crippen molar-refractivity contribution in [2.45, 2.75) is 0 Å². The molecule has 0 bridgehead atoms. The Morgan fingerprint density at radius 1 is 0.636 bits per heavy atom. The topological polar surface area (TPSA) is 142 Å². The Bertz CT molecular complexity index is 364. The largest absolute Gasteiger partial charge is 0.348 e. The zero-order valence-corrected chi connectivity index (χ0v) is 11.9. The molecule has 122 valence electrons. The Labute approximate surface area is 126 Å². The van der Waals surface area contributed by atoms with Gasteiger partial charge in [-0.25, -0.2) is 0 Å². The second-order valence-electron chi connectivity index (χ2n) is 4.06. The third kappa shape index (κ3) is 10.2. The second kappa shape index (κ2) is 12.1. The number of carbonyl (C=O) groups excluding carboxylic acids is 6. The first-order chi connectivity index (χ1) is 10.5. The maximum absolute atomic E-state index is 11.5. The minimum atomic E-state index is -0.543. The van der Waals surface area contributed by atoms with Crippen molar-refractivity contribution in [1.82, 2.24) is 20.9 Å². The summed E-state index contributed by atoms with van der Waals surface area (Å²) in [7, 11) is 0. The molecule has 0 fully saturated rings. The molecule has 0 unspecified atom stereocenters. The van der Waals surface area contributed by atoms with E-state index in [1.165, 1.54) is 4.90 Å². The van der Waals surface area contributed by atoms with Gasteiger partial charge in [0.2, 0.25) is 17.7 Å². The Hall–Kier alpha value is -2.62. The third-order valence-electron chi connectivity index (χ3n) is 2.25. The number of rotatable bonds is 12. The first kappa shape index (κ1) is 19.4. The quantitative estimate of drug-likeness (QED) is 0.314. The van der Waals surface area contributed by atoms with Crippen LogP contribution in [0.25, 0.3) is 0 Å². The van der Waals surface area contributed by atoms with Crippen LogP contribution in [0.4, 0.5) is 0 Å². The standard InChI is InChI=1S/C12H18N4O6/c17-4-1-13-10(20)7-16(8-11(21)14-2-5-18)9-12(22)15-3-6-19/h4-6H,1-3,7-9H2,(H,13,20)(H,14,21)(H,15,22). The van der Waals surface area contributed by atoms with Crippen molar-refractivity contribution < 1.29 is 28.8 Å². The van der Waals surface area contributed by atoms with Crippen LogP contribution in [0.2, 0.25) is 0 Å². The fraction of sp³-hybridized carbons (Fsp3) is 0.500. The van der Waals surface area contributed by atoms with Crippen molar-refractivity contribution in [3.8, 4) is 0 Å². The summed E-state index contributed by atoms with van der Waals surface area (Å²) in [4.78, 5) is 66.3. The molecule has 0 aliphatic carbocycles. The monoisotopic (exact) mass is 314 g/mol. The maximum Gasteiger partial charge on any atom is 0.234 e. The second-order valence-corrected chi connectivity index (χ2v) is 4.06. The molecule has 0 aliphatic heterocycles. The van der Waals surface area contributed by atoms with Crippen LogP contribution < -0.4 is 16.0 Å². The molecule has 10 nitrogen and oxygen atoms in total. The molecule has 0 aliphatic rings. The van der Waals surface area contributed by atoms with Gasteiger partial charge in [-0.05, 0) is 0 Å². The first-order valence-electron chi connectivity index (χ1n) is 6.36. The number of hydrogen-bond acceptors (Lipinski definition) is 7. The molecule has 0 spiro atoms. The Balaban J connectivity index is 4.52. The molecule has 0 heterocycles. The van der Waals surface area contributed by atoms with E-state index < -0.39 is 17.7 Å². The van der Waals surface area contributed by atoms with Crippen molar-refractivity contribution in [2.24, 2.45) is 0 Å². The van der Waals surface area contributed by atoms with E-state index in [1.807, 2.05) is 0 Å². The summed E-state index contributed by atoms with van der Waals surface area (Å²) >= 11 is 0. The van der Waals surface area contributed by atoms with Crippen LogP contribution in [0.3, 0.4) is 0 Å². The van der Waals surface area contributed by atoms with E-state index in [9.17, 15) is 28.8 Å². The molecule has 3 N–H and O–H groups in total. The maximum atomic E-state index is 11.5. The Morgan fingerprint density at radius 3 is 1.14 bits per heavy atom. The van der Waals surface area contributed by atoms with E-state index in [0.717, 1.165) is 0 Å². The highest BCUT2D eigenvalue weighted by Crippen LogP contribution is 1.89. The number of hydrogen-bond donors (Lipinski definition) is 3. The van der Waals surface area contributed by atoms with Crippen LogP contribution >= 0.6 is 0 Å². The summed E-state index contributed by atoms with van der Waals surface area (Å²) in [5.41, 5.74) is 0. The number of amides is 3. The molecule has 22 heavy (non-hydrogen) atoms. The van der Waals surface area contributed by atoms with Crippen LogP contribution in [0.15, 0.2) is 0 Å². The molecule has 10 heteroatoms. The SMILES string of the molecule is O=CCNC(=O)CN(CC(=O)NCC=O)CC(=O)NCC=O. The van der Waals surface area contributed by atoms with Gasteiger partial charge < -0.3 is 30.3 Å². The van der Waals surface area contributed by atoms with E-state index in [0.29, 0.717) is 18.9 Å². The van der Waals surface area contributed by atoms with Gasteiger partial charge in [0.25, 0.3) is 0 Å². The third-order valence-corrected chi connectivity index (χ3v) is 2.25. The highest BCUT2D eigenvalue weighted by molar-refractivity contribution is 5.85. The van der Waals surface area contributed by atoms with Crippen LogP contribution in [0.5, 0.6) is 0 Å². The molecule has 0 aromatic carbocycles. The van der Waals surface area contributed by atoms with E-state index in [1.54, 1.807) is 0 Å². The number of nitrogens with one attached hydrogen (secondary N) is 3. The van der Waals surface area contributed by atoms with E-state index in [-0.39, 0.29) is 39.3 Å². The van der Waals surface area contributed by atoms with E-state index >= 15 is 0 Å². The van der Waals surface area contributed by atoms with Gasteiger partial charge in [0, 0.05) is 0 Å². The summed E-state index contributed by atoms with van der Waals surface area (Å²) < 4.78 is 0. The van der Waals surface area contributed by atoms with Gasteiger partial charge >= 0.3 is 0 Å². The van der Waals surface area contributed by atoms with E-state index in [4.69, 9.17) is 0 Å². The van der Waals surface area contributed by atoms with Gasteiger partial charge in [-0.2, -0.15) is 0 Å². The lowest BCUT2D eigenvalue weighted by Gasteiger charge is -2.20. The molecule has 0 atom stereocenters. The first-order valence-corrected chi connectivity index (χ1v) is 6.36. The summed E-state index contributed by atoms with van der Waals surface area (Å²) in [5, 5.41) is 6.81. The summed E-state index contributed by atoms with van der Waals surface area (Å²) in [6, 6.07) is 0. The Morgan fingerprint density at radius 2 is 0.909 bits per heavy atom. The molecule has 0 rings (SSSR count). The normalized spacial score (nSPS) is 9.68. The molecule has 3 amide bonds. The van der Waals surface area contributed by atoms with Crippen molar-refractivity contribution in [2.75, 3.05) is 39.3 Å². The Kier molecular flexibility index (Phi) is 10.7. The van der Waals surface area contributed by atoms with E-state index in [2.05, 4.69) is 16.0 Å². The number of aldehydes is 3. The average molecular weight is 314 g/mol. The smallest absolute Gasteiger partial charge is 0.234 e. The predicted molar refractivity (Wildman–Crippen MR) is 73.7 cm³/mol. The fourth-order valence-electron chi connectivity index (χ4n) is 1.41. The molecule has 0 saturated carbocycles. The lowest BCUT2D eigenvalue weighted by Crippen LogP contribution is -2.47. The molecule has 0 saturated heterocycles. The summed E-state index contributed by atoms with van der Waals surface area (Å²) in [6.07, 6.45) is 1.49. The van der Waals surface area contributed by atoms with Gasteiger partial charge in [0.15, 0.2) is 0 Å². The lowest BCUT2D eigenvalue weighted by molar-refractivity contribution is -0.129. The number of carbonyl (C=O) groups is 6. The van der Waals surface area contributed by atoms with Crippen molar-refractivity contribution >= 4 is 36.6 Å². The zero-order valence-electron chi connectivity index (χ0n) is 11.9. The molecule has 0 aromatic rings. The van der Waals surface area contributed by atoms with Gasteiger partial charge in [0.1, 0.15) is 18.9 Å². The van der Waals surface area contributed by atoms with Crippen molar-refractivity contribution in [3.05, 3.63) is 0 Å². The summed E-state index contributed by atoms with van der Waals surface area (Å²) in [6.45, 7) is -1.42. The van der Waals surface area contributed by atoms with Gasteiger partial charge in [0.05, 0.1) is 39.3 Å². The van der Waals surface area contributed by atoms with Gasteiger partial charge in [-0.1, -0.05) is 0 Å². The van der Waals surface area contributed by atoms with Crippen LogP contribution in [-0.4, -0.2) is 80.7 Å². The minimum absolute atomic E-state index is 0.179. The number of nitrogens with zero attached hydrogens (tertiary/aromatic N) is 1. The van der Waals surface area contributed by atoms with Crippen molar-refractivity contribution in [1.29, 1.82) is 0 Å². The lowest BCUT2D eigenvalue weighted by atomic mass is 10.4. The highest BCUT2D eigenvalue weighted by Gasteiger charge is 2.17. The fourth-order valence-corrected chi connectivity index (χ4v) is 1.41. The zero-order chi connectivity index (χ0) is 16.8. The molecular weight excluding hydrogens is 296 g/mol. The minimum Gasteiger partial charge on any atom is -0.348 e. The van der Waals surface area contributed by atoms with Gasteiger partial charge in [-0.15, -0.1) is 0 Å². The van der Waals surface area contributed by atoms with Gasteiger partial charge in [-0.3, -0.25) is 19.3 Å². The summed E-state index contributed by atoms with van der Waals surface area (Å²) in [5.74, 6) is -1.63.